The molecule has 0 aromatic heterocycles. The second kappa shape index (κ2) is 7.67. The van der Waals surface area contributed by atoms with Crippen LogP contribution in [-0.2, 0) is 4.74 Å². The molecular formula is C27H38O. The van der Waals surface area contributed by atoms with E-state index < -0.39 is 0 Å². The van der Waals surface area contributed by atoms with Crippen molar-refractivity contribution in [2.75, 3.05) is 6.61 Å². The Kier molecular flexibility index (Phi) is 5.79. The smallest absolute Gasteiger partial charge is 0.0959 e. The number of benzene rings is 1. The lowest BCUT2D eigenvalue weighted by atomic mass is 9.67. The molecule has 0 spiro atoms. The van der Waals surface area contributed by atoms with Crippen LogP contribution in [0.2, 0.25) is 0 Å². The number of ether oxygens (including phenoxy) is 1. The Bertz CT molecular complexity index is 815. The van der Waals surface area contributed by atoms with Crippen LogP contribution in [0.1, 0.15) is 76.3 Å². The SMILES string of the molecule is Cc1cc2c(cc1C)C(OCC(CC(C)(C)C)C(C)C)C1(C)C=CC=CC1=C2. The summed E-state index contributed by atoms with van der Waals surface area (Å²) < 4.78 is 6.82. The Morgan fingerprint density at radius 2 is 1.75 bits per heavy atom. The van der Waals surface area contributed by atoms with Gasteiger partial charge in [0.25, 0.3) is 0 Å². The molecule has 0 N–H and O–H groups in total. The Balaban J connectivity index is 1.96. The number of aryl methyl sites for hydroxylation is 2. The predicted molar refractivity (Wildman–Crippen MR) is 121 cm³/mol. The fourth-order valence-corrected chi connectivity index (χ4v) is 4.59. The van der Waals surface area contributed by atoms with E-state index in [9.17, 15) is 0 Å². The van der Waals surface area contributed by atoms with Crippen molar-refractivity contribution in [1.29, 1.82) is 0 Å². The van der Waals surface area contributed by atoms with E-state index in [1.807, 2.05) is 0 Å². The summed E-state index contributed by atoms with van der Waals surface area (Å²) in [5, 5.41) is 0. The van der Waals surface area contributed by atoms with Crippen LogP contribution in [0, 0.1) is 36.5 Å². The summed E-state index contributed by atoms with van der Waals surface area (Å²) in [5.41, 5.74) is 6.92. The molecule has 1 nitrogen and oxygen atoms in total. The van der Waals surface area contributed by atoms with Gasteiger partial charge in [-0.2, -0.15) is 0 Å². The quantitative estimate of drug-likeness (QED) is 0.512. The Hall–Kier alpha value is -1.60. The Labute approximate surface area is 172 Å². The van der Waals surface area contributed by atoms with Crippen LogP contribution in [0.15, 0.2) is 42.0 Å². The van der Waals surface area contributed by atoms with Gasteiger partial charge in [0.05, 0.1) is 12.7 Å². The van der Waals surface area contributed by atoms with Gasteiger partial charge in [-0.05, 0) is 72.3 Å². The lowest BCUT2D eigenvalue weighted by molar-refractivity contribution is -0.0332. The summed E-state index contributed by atoms with van der Waals surface area (Å²) in [4.78, 5) is 0. The second-order valence-corrected chi connectivity index (χ2v) is 10.6. The highest BCUT2D eigenvalue weighted by atomic mass is 16.5. The zero-order chi connectivity index (χ0) is 20.7. The zero-order valence-corrected chi connectivity index (χ0v) is 19.1. The zero-order valence-electron chi connectivity index (χ0n) is 19.1. The summed E-state index contributed by atoms with van der Waals surface area (Å²) in [7, 11) is 0. The van der Waals surface area contributed by atoms with Crippen molar-refractivity contribution < 1.29 is 4.74 Å². The molecule has 0 bridgehead atoms. The van der Waals surface area contributed by atoms with E-state index in [1.165, 1.54) is 34.2 Å². The van der Waals surface area contributed by atoms with Gasteiger partial charge in [0.2, 0.25) is 0 Å². The van der Waals surface area contributed by atoms with Crippen LogP contribution in [-0.4, -0.2) is 6.61 Å². The van der Waals surface area contributed by atoms with Gasteiger partial charge in [-0.3, -0.25) is 0 Å². The molecule has 3 unspecified atom stereocenters. The monoisotopic (exact) mass is 378 g/mol. The fourth-order valence-electron chi connectivity index (χ4n) is 4.59. The highest BCUT2D eigenvalue weighted by Crippen LogP contribution is 2.51. The number of rotatable bonds is 5. The maximum atomic E-state index is 6.82. The van der Waals surface area contributed by atoms with Crippen molar-refractivity contribution in [3.8, 4) is 0 Å². The average molecular weight is 379 g/mol. The van der Waals surface area contributed by atoms with E-state index in [0.29, 0.717) is 17.3 Å². The van der Waals surface area contributed by atoms with Crippen molar-refractivity contribution in [2.45, 2.75) is 67.9 Å². The maximum Gasteiger partial charge on any atom is 0.0959 e. The molecule has 152 valence electrons. The van der Waals surface area contributed by atoms with Crippen LogP contribution >= 0.6 is 0 Å². The molecule has 3 rings (SSSR count). The van der Waals surface area contributed by atoms with E-state index in [-0.39, 0.29) is 11.5 Å². The van der Waals surface area contributed by atoms with Crippen molar-refractivity contribution in [2.24, 2.45) is 22.7 Å². The molecule has 0 aliphatic heterocycles. The summed E-state index contributed by atoms with van der Waals surface area (Å²) in [6.45, 7) is 19.2. The van der Waals surface area contributed by atoms with Crippen molar-refractivity contribution in [1.82, 2.24) is 0 Å². The minimum absolute atomic E-state index is 0.0595. The second-order valence-electron chi connectivity index (χ2n) is 10.6. The molecule has 0 heterocycles. The van der Waals surface area contributed by atoms with Crippen LogP contribution in [0.4, 0.5) is 0 Å². The highest BCUT2D eigenvalue weighted by Gasteiger charge is 2.41. The van der Waals surface area contributed by atoms with Gasteiger partial charge in [-0.25, -0.2) is 0 Å². The Morgan fingerprint density at radius 3 is 2.39 bits per heavy atom. The summed E-state index contributed by atoms with van der Waals surface area (Å²) in [6.07, 6.45) is 12.5. The van der Waals surface area contributed by atoms with E-state index >= 15 is 0 Å². The lowest BCUT2D eigenvalue weighted by Crippen LogP contribution is -2.34. The van der Waals surface area contributed by atoms with Crippen molar-refractivity contribution in [3.05, 3.63) is 64.3 Å². The molecule has 0 fully saturated rings. The molecule has 1 aromatic rings. The van der Waals surface area contributed by atoms with Gasteiger partial charge < -0.3 is 4.74 Å². The first-order chi connectivity index (χ1) is 13.0. The van der Waals surface area contributed by atoms with Gasteiger partial charge >= 0.3 is 0 Å². The molecule has 3 atom stereocenters. The number of hydrogen-bond acceptors (Lipinski definition) is 1. The normalized spacial score (nSPS) is 24.8. The molecule has 0 saturated carbocycles. The molecule has 1 aromatic carbocycles. The largest absolute Gasteiger partial charge is 0.372 e. The maximum absolute atomic E-state index is 6.82. The first-order valence-corrected chi connectivity index (χ1v) is 10.8. The van der Waals surface area contributed by atoms with Crippen LogP contribution < -0.4 is 0 Å². The van der Waals surface area contributed by atoms with Gasteiger partial charge in [0, 0.05) is 5.41 Å². The molecule has 0 amide bonds. The summed E-state index contributed by atoms with van der Waals surface area (Å²) in [5.74, 6) is 1.18. The minimum atomic E-state index is -0.104. The van der Waals surface area contributed by atoms with Gasteiger partial charge in [0.1, 0.15) is 0 Å². The molecule has 0 saturated heterocycles. The summed E-state index contributed by atoms with van der Waals surface area (Å²) >= 11 is 0. The van der Waals surface area contributed by atoms with E-state index in [4.69, 9.17) is 4.74 Å². The van der Waals surface area contributed by atoms with Crippen molar-refractivity contribution >= 4 is 6.08 Å². The standard InChI is InChI=1S/C27H38O/c1-18(2)22(16-26(5,6)7)17-28-25-24-14-20(4)19(3)13-21(24)15-23-11-9-10-12-27(23,25)8/h9-15,18,22,25H,16-17H2,1-8H3. The Morgan fingerprint density at radius 1 is 1.07 bits per heavy atom. The number of hydrogen-bond donors (Lipinski definition) is 0. The third kappa shape index (κ3) is 4.20. The van der Waals surface area contributed by atoms with Crippen molar-refractivity contribution in [3.63, 3.8) is 0 Å². The molecule has 1 heteroatoms. The van der Waals surface area contributed by atoms with E-state index in [2.05, 4.69) is 97.9 Å². The van der Waals surface area contributed by atoms with Crippen LogP contribution in [0.5, 0.6) is 0 Å². The fraction of sp³-hybridized carbons (Fsp3) is 0.556. The lowest BCUT2D eigenvalue weighted by Gasteiger charge is -2.43. The number of fused-ring (bicyclic) bond motifs is 2. The summed E-state index contributed by atoms with van der Waals surface area (Å²) in [6, 6.07) is 4.68. The van der Waals surface area contributed by atoms with Gasteiger partial charge in [-0.1, -0.05) is 77.1 Å². The predicted octanol–water partition coefficient (Wildman–Crippen LogP) is 7.60. The molecule has 2 aliphatic rings. The molecule has 0 radical (unpaired) electrons. The molecular weight excluding hydrogens is 340 g/mol. The molecule has 28 heavy (non-hydrogen) atoms. The third-order valence-electron chi connectivity index (χ3n) is 6.58. The third-order valence-corrected chi connectivity index (χ3v) is 6.58. The topological polar surface area (TPSA) is 9.23 Å². The van der Waals surface area contributed by atoms with Gasteiger partial charge in [0.15, 0.2) is 0 Å². The minimum Gasteiger partial charge on any atom is -0.372 e. The first-order valence-electron chi connectivity index (χ1n) is 10.8. The highest BCUT2D eigenvalue weighted by molar-refractivity contribution is 5.68. The van der Waals surface area contributed by atoms with E-state index in [0.717, 1.165) is 6.61 Å². The average Bonchev–Trinajstić information content (AvgIpc) is 2.58. The van der Waals surface area contributed by atoms with Crippen LogP contribution in [0.3, 0.4) is 0 Å². The van der Waals surface area contributed by atoms with Gasteiger partial charge in [-0.15, -0.1) is 0 Å². The van der Waals surface area contributed by atoms with Crippen LogP contribution in [0.25, 0.3) is 6.08 Å². The molecule has 2 aliphatic carbocycles. The first kappa shape index (κ1) is 21.1. The number of allylic oxidation sites excluding steroid dienone is 3. The van der Waals surface area contributed by atoms with E-state index in [1.54, 1.807) is 0 Å².